The monoisotopic (exact) mass is 140 g/mol. The Kier molecular flexibility index (Phi) is 1.48. The highest BCUT2D eigenvalue weighted by molar-refractivity contribution is 4.88. The van der Waals surface area contributed by atoms with Gasteiger partial charge in [0.1, 0.15) is 0 Å². The highest BCUT2D eigenvalue weighted by atomic mass is 14.8. The molecule has 10 heavy (non-hydrogen) atoms. The standard InChI is InChI=1S/C9H17N/c10-9-5-1-3-8(7-9)4-2-6-9/h8H,1-7,10H2/p+1. The number of quaternary nitrogens is 1. The molecular formula is C9H18N+. The fraction of sp³-hybridized carbons (Fsp3) is 1.00. The maximum atomic E-state index is 4.35. The average Bonchev–Trinajstić information content (AvgIpc) is 1.86. The molecule has 2 bridgehead atoms. The van der Waals surface area contributed by atoms with Crippen molar-refractivity contribution in [2.45, 2.75) is 50.5 Å². The molecule has 2 saturated carbocycles. The van der Waals surface area contributed by atoms with Crippen LogP contribution in [0.3, 0.4) is 0 Å². The number of hydrogen-bond donors (Lipinski definition) is 1. The van der Waals surface area contributed by atoms with Crippen molar-refractivity contribution in [1.29, 1.82) is 0 Å². The first-order valence-electron chi connectivity index (χ1n) is 4.64. The predicted molar refractivity (Wildman–Crippen MR) is 41.4 cm³/mol. The first-order valence-corrected chi connectivity index (χ1v) is 4.64. The van der Waals surface area contributed by atoms with Gasteiger partial charge in [-0.3, -0.25) is 0 Å². The summed E-state index contributed by atoms with van der Waals surface area (Å²) in [7, 11) is 0. The van der Waals surface area contributed by atoms with E-state index in [4.69, 9.17) is 0 Å². The van der Waals surface area contributed by atoms with Crippen LogP contribution in [0.5, 0.6) is 0 Å². The average molecular weight is 140 g/mol. The minimum absolute atomic E-state index is 0.529. The van der Waals surface area contributed by atoms with E-state index in [0.29, 0.717) is 5.54 Å². The van der Waals surface area contributed by atoms with Crippen LogP contribution in [0, 0.1) is 5.92 Å². The summed E-state index contributed by atoms with van der Waals surface area (Å²) in [6.07, 6.45) is 10.1. The lowest BCUT2D eigenvalue weighted by Gasteiger charge is -2.39. The smallest absolute Gasteiger partial charge is 0.0948 e. The third kappa shape index (κ3) is 1.07. The molecule has 0 aliphatic heterocycles. The molecule has 58 valence electrons. The maximum absolute atomic E-state index is 4.35. The van der Waals surface area contributed by atoms with Crippen molar-refractivity contribution in [3.05, 3.63) is 0 Å². The number of hydrogen-bond acceptors (Lipinski definition) is 0. The Bertz CT molecular complexity index is 121. The summed E-state index contributed by atoms with van der Waals surface area (Å²) < 4.78 is 0. The second kappa shape index (κ2) is 2.23. The highest BCUT2D eigenvalue weighted by Crippen LogP contribution is 2.39. The molecule has 2 aliphatic rings. The third-order valence-electron chi connectivity index (χ3n) is 3.36. The van der Waals surface area contributed by atoms with Gasteiger partial charge in [0, 0.05) is 19.3 Å². The van der Waals surface area contributed by atoms with Crippen LogP contribution in [-0.4, -0.2) is 5.54 Å². The normalized spacial score (nSPS) is 47.1. The van der Waals surface area contributed by atoms with Gasteiger partial charge < -0.3 is 5.73 Å². The molecule has 0 heterocycles. The molecule has 0 radical (unpaired) electrons. The predicted octanol–water partition coefficient (Wildman–Crippen LogP) is 1.34. The van der Waals surface area contributed by atoms with Crippen molar-refractivity contribution in [3.8, 4) is 0 Å². The molecule has 0 spiro atoms. The fourth-order valence-corrected chi connectivity index (χ4v) is 2.82. The van der Waals surface area contributed by atoms with Gasteiger partial charge in [0.05, 0.1) is 5.54 Å². The van der Waals surface area contributed by atoms with E-state index in [0.717, 1.165) is 5.92 Å². The van der Waals surface area contributed by atoms with Crippen LogP contribution in [-0.2, 0) is 0 Å². The number of rotatable bonds is 0. The van der Waals surface area contributed by atoms with Gasteiger partial charge in [0.2, 0.25) is 0 Å². The summed E-state index contributed by atoms with van der Waals surface area (Å²) in [6.45, 7) is 0. The van der Waals surface area contributed by atoms with Gasteiger partial charge in [-0.2, -0.15) is 0 Å². The van der Waals surface area contributed by atoms with Crippen LogP contribution < -0.4 is 5.73 Å². The number of fused-ring (bicyclic) bond motifs is 2. The molecule has 1 heteroatoms. The quantitative estimate of drug-likeness (QED) is 0.526. The van der Waals surface area contributed by atoms with Crippen LogP contribution >= 0.6 is 0 Å². The minimum Gasteiger partial charge on any atom is -0.353 e. The molecule has 3 N–H and O–H groups in total. The fourth-order valence-electron chi connectivity index (χ4n) is 2.82. The van der Waals surface area contributed by atoms with Crippen molar-refractivity contribution < 1.29 is 5.73 Å². The van der Waals surface area contributed by atoms with E-state index in [-0.39, 0.29) is 0 Å². The lowest BCUT2D eigenvalue weighted by molar-refractivity contribution is -0.493. The van der Waals surface area contributed by atoms with Crippen LogP contribution in [0.4, 0.5) is 0 Å². The Labute approximate surface area is 63.0 Å². The van der Waals surface area contributed by atoms with Crippen molar-refractivity contribution in [3.63, 3.8) is 0 Å². The summed E-state index contributed by atoms with van der Waals surface area (Å²) >= 11 is 0. The van der Waals surface area contributed by atoms with Crippen LogP contribution in [0.1, 0.15) is 44.9 Å². The summed E-state index contributed by atoms with van der Waals surface area (Å²) in [5.41, 5.74) is 4.88. The van der Waals surface area contributed by atoms with Crippen molar-refractivity contribution >= 4 is 0 Å². The van der Waals surface area contributed by atoms with Crippen LogP contribution in [0.15, 0.2) is 0 Å². The van der Waals surface area contributed by atoms with E-state index in [1.54, 1.807) is 0 Å². The van der Waals surface area contributed by atoms with E-state index < -0.39 is 0 Å². The van der Waals surface area contributed by atoms with Gasteiger partial charge in [-0.1, -0.05) is 0 Å². The van der Waals surface area contributed by atoms with Gasteiger partial charge in [-0.15, -0.1) is 0 Å². The lowest BCUT2D eigenvalue weighted by Crippen LogP contribution is -2.74. The second-order valence-electron chi connectivity index (χ2n) is 4.35. The van der Waals surface area contributed by atoms with Crippen LogP contribution in [0.25, 0.3) is 0 Å². The van der Waals surface area contributed by atoms with Gasteiger partial charge in [0.15, 0.2) is 0 Å². The molecule has 0 atom stereocenters. The molecule has 0 saturated heterocycles. The van der Waals surface area contributed by atoms with Crippen molar-refractivity contribution in [2.24, 2.45) is 5.92 Å². The Morgan fingerprint density at radius 1 is 1.10 bits per heavy atom. The summed E-state index contributed by atoms with van der Waals surface area (Å²) in [4.78, 5) is 0. The Morgan fingerprint density at radius 2 is 1.70 bits per heavy atom. The molecule has 2 aliphatic carbocycles. The van der Waals surface area contributed by atoms with E-state index in [1.807, 2.05) is 0 Å². The maximum Gasteiger partial charge on any atom is 0.0948 e. The Morgan fingerprint density at radius 3 is 2.10 bits per heavy atom. The summed E-state index contributed by atoms with van der Waals surface area (Å²) in [6, 6.07) is 0. The van der Waals surface area contributed by atoms with E-state index >= 15 is 0 Å². The molecule has 0 aromatic carbocycles. The third-order valence-corrected chi connectivity index (χ3v) is 3.36. The van der Waals surface area contributed by atoms with E-state index in [9.17, 15) is 0 Å². The van der Waals surface area contributed by atoms with E-state index in [1.165, 1.54) is 44.9 Å². The zero-order valence-electron chi connectivity index (χ0n) is 6.73. The Hall–Kier alpha value is -0.0400. The molecule has 0 amide bonds. The van der Waals surface area contributed by atoms with E-state index in [2.05, 4.69) is 5.73 Å². The molecule has 0 aromatic rings. The topological polar surface area (TPSA) is 27.6 Å². The van der Waals surface area contributed by atoms with Gasteiger partial charge >= 0.3 is 0 Å². The first kappa shape index (κ1) is 6.66. The largest absolute Gasteiger partial charge is 0.353 e. The molecule has 0 aromatic heterocycles. The highest BCUT2D eigenvalue weighted by Gasteiger charge is 2.38. The molecular weight excluding hydrogens is 122 g/mol. The van der Waals surface area contributed by atoms with Gasteiger partial charge in [0.25, 0.3) is 0 Å². The Balaban J connectivity index is 2.07. The van der Waals surface area contributed by atoms with Crippen molar-refractivity contribution in [1.82, 2.24) is 0 Å². The van der Waals surface area contributed by atoms with Gasteiger partial charge in [-0.05, 0) is 31.6 Å². The lowest BCUT2D eigenvalue weighted by atomic mass is 9.68. The summed E-state index contributed by atoms with van der Waals surface area (Å²) in [5.74, 6) is 1.06. The summed E-state index contributed by atoms with van der Waals surface area (Å²) in [5, 5.41) is 0. The second-order valence-corrected chi connectivity index (χ2v) is 4.35. The zero-order chi connectivity index (χ0) is 7.03. The molecule has 2 fully saturated rings. The minimum atomic E-state index is 0.529. The zero-order valence-corrected chi connectivity index (χ0v) is 6.73. The SMILES string of the molecule is [NH3+]C12CCCC(CCC1)C2. The van der Waals surface area contributed by atoms with Crippen LogP contribution in [0.2, 0.25) is 0 Å². The molecule has 0 unspecified atom stereocenters. The first-order chi connectivity index (χ1) is 4.79. The molecule has 2 rings (SSSR count). The molecule has 1 nitrogen and oxygen atoms in total. The van der Waals surface area contributed by atoms with Gasteiger partial charge in [-0.25, -0.2) is 0 Å². The van der Waals surface area contributed by atoms with Crippen molar-refractivity contribution in [2.75, 3.05) is 0 Å².